The minimum atomic E-state index is -0.720. The second kappa shape index (κ2) is 7.06. The number of amides is 2. The highest BCUT2D eigenvalue weighted by Gasteiger charge is 2.25. The summed E-state index contributed by atoms with van der Waals surface area (Å²) in [6, 6.07) is 10.3. The standard InChI is InChI=1S/C18H19N3O3S/c1-11(2)15(19-16(22)13-8-6-10-24-13)17(23)20-18-21(3)12-7-4-5-9-14(12)25-18/h4-11,15H,1-3H3,(H,19,22)/t15-/m0/s1. The fraction of sp³-hybridized carbons (Fsp3) is 0.278. The highest BCUT2D eigenvalue weighted by Crippen LogP contribution is 2.15. The maximum atomic E-state index is 12.7. The van der Waals surface area contributed by atoms with Crippen LogP contribution in [-0.2, 0) is 11.8 Å². The largest absolute Gasteiger partial charge is 0.459 e. The van der Waals surface area contributed by atoms with Crippen LogP contribution in [-0.4, -0.2) is 22.4 Å². The molecule has 0 fully saturated rings. The highest BCUT2D eigenvalue weighted by atomic mass is 32.1. The van der Waals surface area contributed by atoms with Crippen molar-refractivity contribution < 1.29 is 14.0 Å². The molecule has 0 bridgehead atoms. The summed E-state index contributed by atoms with van der Waals surface area (Å²) < 4.78 is 8.01. The van der Waals surface area contributed by atoms with Crippen LogP contribution >= 0.6 is 11.3 Å². The second-order valence-corrected chi connectivity index (χ2v) is 7.04. The molecule has 3 rings (SSSR count). The van der Waals surface area contributed by atoms with Crippen molar-refractivity contribution in [2.45, 2.75) is 19.9 Å². The van der Waals surface area contributed by atoms with Gasteiger partial charge in [0.25, 0.3) is 11.8 Å². The predicted octanol–water partition coefficient (Wildman–Crippen LogP) is 2.71. The van der Waals surface area contributed by atoms with Gasteiger partial charge in [-0.3, -0.25) is 9.59 Å². The van der Waals surface area contributed by atoms with Gasteiger partial charge in [-0.25, -0.2) is 0 Å². The van der Waals surface area contributed by atoms with Crippen LogP contribution in [0.4, 0.5) is 0 Å². The van der Waals surface area contributed by atoms with Gasteiger partial charge < -0.3 is 14.3 Å². The third-order valence-electron chi connectivity index (χ3n) is 3.88. The number of hydrogen-bond acceptors (Lipinski definition) is 4. The zero-order valence-electron chi connectivity index (χ0n) is 14.2. The van der Waals surface area contributed by atoms with Crippen LogP contribution in [0.2, 0.25) is 0 Å². The number of nitrogens with zero attached hydrogens (tertiary/aromatic N) is 2. The molecule has 0 aliphatic carbocycles. The Morgan fingerprint density at radius 3 is 2.60 bits per heavy atom. The van der Waals surface area contributed by atoms with Crippen LogP contribution in [0.5, 0.6) is 0 Å². The Kier molecular flexibility index (Phi) is 4.85. The Balaban J connectivity index is 1.90. The molecule has 7 heteroatoms. The molecule has 0 radical (unpaired) electrons. The summed E-state index contributed by atoms with van der Waals surface area (Å²) in [6.45, 7) is 3.73. The normalized spacial score (nSPS) is 13.4. The number of fused-ring (bicyclic) bond motifs is 1. The van der Waals surface area contributed by atoms with E-state index < -0.39 is 11.9 Å². The van der Waals surface area contributed by atoms with Crippen molar-refractivity contribution in [3.05, 3.63) is 53.2 Å². The van der Waals surface area contributed by atoms with Crippen molar-refractivity contribution in [2.75, 3.05) is 0 Å². The van der Waals surface area contributed by atoms with Crippen molar-refractivity contribution in [3.8, 4) is 0 Å². The average molecular weight is 357 g/mol. The predicted molar refractivity (Wildman–Crippen MR) is 96.2 cm³/mol. The van der Waals surface area contributed by atoms with Gasteiger partial charge in [0, 0.05) is 7.05 Å². The second-order valence-electron chi connectivity index (χ2n) is 6.03. The molecule has 0 unspecified atom stereocenters. The van der Waals surface area contributed by atoms with Crippen molar-refractivity contribution >= 4 is 33.4 Å². The maximum absolute atomic E-state index is 12.7. The molecular formula is C18H19N3O3S. The molecule has 2 aromatic heterocycles. The fourth-order valence-corrected chi connectivity index (χ4v) is 3.51. The molecule has 3 aromatic rings. The number of nitrogens with one attached hydrogen (secondary N) is 1. The molecule has 2 heterocycles. The van der Waals surface area contributed by atoms with E-state index in [9.17, 15) is 9.59 Å². The lowest BCUT2D eigenvalue weighted by Gasteiger charge is -2.18. The fourth-order valence-electron chi connectivity index (χ4n) is 2.49. The van der Waals surface area contributed by atoms with Crippen molar-refractivity contribution in [1.82, 2.24) is 9.88 Å². The molecule has 0 saturated heterocycles. The van der Waals surface area contributed by atoms with Crippen LogP contribution < -0.4 is 10.1 Å². The van der Waals surface area contributed by atoms with Gasteiger partial charge in [-0.2, -0.15) is 4.99 Å². The van der Waals surface area contributed by atoms with E-state index in [-0.39, 0.29) is 17.6 Å². The molecule has 1 N–H and O–H groups in total. The number of aryl methyl sites for hydroxylation is 1. The monoisotopic (exact) mass is 357 g/mol. The SMILES string of the molecule is CC(C)[C@H](NC(=O)c1ccco1)C(=O)N=c1sc2ccccc2n1C. The molecule has 0 aliphatic heterocycles. The third kappa shape index (κ3) is 3.56. The maximum Gasteiger partial charge on any atom is 0.287 e. The zero-order chi connectivity index (χ0) is 18.0. The lowest BCUT2D eigenvalue weighted by Crippen LogP contribution is -2.44. The molecule has 1 atom stereocenters. The number of benzene rings is 1. The van der Waals surface area contributed by atoms with Crippen LogP contribution in [0.3, 0.4) is 0 Å². The Labute approximate surface area is 148 Å². The van der Waals surface area contributed by atoms with E-state index >= 15 is 0 Å². The third-order valence-corrected chi connectivity index (χ3v) is 5.00. The van der Waals surface area contributed by atoms with E-state index in [4.69, 9.17) is 4.42 Å². The first-order valence-corrected chi connectivity index (χ1v) is 8.76. The first-order valence-electron chi connectivity index (χ1n) is 7.95. The number of aromatic nitrogens is 1. The van der Waals surface area contributed by atoms with E-state index in [1.807, 2.05) is 49.7 Å². The van der Waals surface area contributed by atoms with Crippen LogP contribution in [0.15, 0.2) is 52.1 Å². The van der Waals surface area contributed by atoms with Gasteiger partial charge in [0.1, 0.15) is 6.04 Å². The summed E-state index contributed by atoms with van der Waals surface area (Å²) >= 11 is 1.44. The smallest absolute Gasteiger partial charge is 0.287 e. The lowest BCUT2D eigenvalue weighted by atomic mass is 10.0. The van der Waals surface area contributed by atoms with Crippen molar-refractivity contribution in [3.63, 3.8) is 0 Å². The number of hydrogen-bond donors (Lipinski definition) is 1. The molecule has 6 nitrogen and oxygen atoms in total. The topological polar surface area (TPSA) is 76.6 Å². The van der Waals surface area contributed by atoms with Crippen molar-refractivity contribution in [2.24, 2.45) is 18.0 Å². The molecule has 1 aromatic carbocycles. The lowest BCUT2D eigenvalue weighted by molar-refractivity contribution is -0.120. The molecular weight excluding hydrogens is 338 g/mol. The number of furan rings is 1. The van der Waals surface area contributed by atoms with Gasteiger partial charge in [0.05, 0.1) is 16.5 Å². The van der Waals surface area contributed by atoms with E-state index in [0.29, 0.717) is 4.80 Å². The summed E-state index contributed by atoms with van der Waals surface area (Å²) in [5, 5.41) is 2.71. The van der Waals surface area contributed by atoms with E-state index in [0.717, 1.165) is 10.2 Å². The zero-order valence-corrected chi connectivity index (χ0v) is 15.0. The Morgan fingerprint density at radius 1 is 1.20 bits per heavy atom. The summed E-state index contributed by atoms with van der Waals surface area (Å²) in [7, 11) is 1.87. The first kappa shape index (κ1) is 17.2. The van der Waals surface area contributed by atoms with E-state index in [1.165, 1.54) is 17.6 Å². The number of carbonyl (C=O) groups is 2. The minimum absolute atomic E-state index is 0.102. The molecule has 0 saturated carbocycles. The summed E-state index contributed by atoms with van der Waals surface area (Å²) in [5.74, 6) is -0.731. The highest BCUT2D eigenvalue weighted by molar-refractivity contribution is 7.16. The summed E-state index contributed by atoms with van der Waals surface area (Å²) in [6.07, 6.45) is 1.42. The van der Waals surface area contributed by atoms with Gasteiger partial charge in [-0.1, -0.05) is 37.3 Å². The molecule has 2 amide bonds. The first-order chi connectivity index (χ1) is 12.0. The Bertz CT molecular complexity index is 967. The quantitative estimate of drug-likeness (QED) is 0.780. The molecule has 25 heavy (non-hydrogen) atoms. The Hall–Kier alpha value is -2.67. The van der Waals surface area contributed by atoms with Gasteiger partial charge in [0.2, 0.25) is 0 Å². The molecule has 130 valence electrons. The molecule has 0 spiro atoms. The van der Waals surface area contributed by atoms with Gasteiger partial charge in [0.15, 0.2) is 10.6 Å². The summed E-state index contributed by atoms with van der Waals surface area (Å²) in [4.78, 5) is 29.7. The van der Waals surface area contributed by atoms with Gasteiger partial charge in [-0.15, -0.1) is 0 Å². The van der Waals surface area contributed by atoms with E-state index in [1.54, 1.807) is 12.1 Å². The number of carbonyl (C=O) groups excluding carboxylic acids is 2. The van der Waals surface area contributed by atoms with Gasteiger partial charge >= 0.3 is 0 Å². The average Bonchev–Trinajstić information content (AvgIpc) is 3.22. The van der Waals surface area contributed by atoms with Gasteiger partial charge in [-0.05, 0) is 30.2 Å². The van der Waals surface area contributed by atoms with Crippen LogP contribution in [0, 0.1) is 5.92 Å². The number of rotatable bonds is 4. The van der Waals surface area contributed by atoms with Crippen molar-refractivity contribution in [1.29, 1.82) is 0 Å². The Morgan fingerprint density at radius 2 is 1.96 bits per heavy atom. The van der Waals surface area contributed by atoms with E-state index in [2.05, 4.69) is 10.3 Å². The number of para-hydroxylation sites is 1. The number of thiazole rings is 1. The summed E-state index contributed by atoms with van der Waals surface area (Å²) in [5.41, 5.74) is 1.01. The minimum Gasteiger partial charge on any atom is -0.459 e. The molecule has 0 aliphatic rings. The van der Waals surface area contributed by atoms with Crippen LogP contribution in [0.1, 0.15) is 24.4 Å². The van der Waals surface area contributed by atoms with Crippen LogP contribution in [0.25, 0.3) is 10.2 Å².